The van der Waals surface area contributed by atoms with Crippen LogP contribution in [-0.2, 0) is 0 Å². The summed E-state index contributed by atoms with van der Waals surface area (Å²) in [6, 6.07) is 11.0. The zero-order valence-electron chi connectivity index (χ0n) is 15.3. The summed E-state index contributed by atoms with van der Waals surface area (Å²) in [4.78, 5) is 20.1. The highest BCUT2D eigenvalue weighted by Crippen LogP contribution is 2.18. The summed E-state index contributed by atoms with van der Waals surface area (Å²) < 4.78 is 10.7. The molecule has 2 atom stereocenters. The van der Waals surface area contributed by atoms with E-state index in [-0.39, 0.29) is 37.7 Å². The SMILES string of the molecule is O=[N+]([O-])c1ccc(OCC(O)CNCC(O)COc2ccc([N+](=O)[O-])cc2)cc1. The van der Waals surface area contributed by atoms with Crippen molar-refractivity contribution in [2.75, 3.05) is 26.3 Å². The Bertz CT molecular complexity index is 730. The van der Waals surface area contributed by atoms with Crippen LogP contribution in [0.25, 0.3) is 0 Å². The molecule has 2 unspecified atom stereocenters. The zero-order valence-corrected chi connectivity index (χ0v) is 15.3. The van der Waals surface area contributed by atoms with E-state index in [1.165, 1.54) is 48.5 Å². The Hall–Kier alpha value is -3.28. The molecule has 2 aromatic rings. The number of benzene rings is 2. The first-order valence-electron chi connectivity index (χ1n) is 8.66. The first kappa shape index (κ1) is 22.0. The monoisotopic (exact) mass is 407 g/mol. The van der Waals surface area contributed by atoms with Gasteiger partial charge in [-0.2, -0.15) is 0 Å². The molecule has 156 valence electrons. The molecule has 0 fully saturated rings. The second-order valence-corrected chi connectivity index (χ2v) is 6.09. The minimum atomic E-state index is -0.854. The van der Waals surface area contributed by atoms with E-state index >= 15 is 0 Å². The van der Waals surface area contributed by atoms with Gasteiger partial charge in [-0.3, -0.25) is 20.2 Å². The van der Waals surface area contributed by atoms with Crippen molar-refractivity contribution in [1.29, 1.82) is 0 Å². The van der Waals surface area contributed by atoms with Crippen molar-refractivity contribution in [2.45, 2.75) is 12.2 Å². The lowest BCUT2D eigenvalue weighted by molar-refractivity contribution is -0.385. The van der Waals surface area contributed by atoms with Crippen LogP contribution in [0, 0.1) is 20.2 Å². The summed E-state index contributed by atoms with van der Waals surface area (Å²) in [5.41, 5.74) is -0.103. The Labute approximate surface area is 165 Å². The molecule has 2 rings (SSSR count). The Morgan fingerprint density at radius 3 is 1.41 bits per heavy atom. The Morgan fingerprint density at radius 2 is 1.10 bits per heavy atom. The van der Waals surface area contributed by atoms with Crippen molar-refractivity contribution in [3.63, 3.8) is 0 Å². The molecule has 11 nitrogen and oxygen atoms in total. The highest BCUT2D eigenvalue weighted by molar-refractivity contribution is 5.36. The highest BCUT2D eigenvalue weighted by atomic mass is 16.6. The summed E-state index contributed by atoms with van der Waals surface area (Å²) in [6.45, 7) is 0.254. The summed E-state index contributed by atoms with van der Waals surface area (Å²) in [5, 5.41) is 43.8. The predicted molar refractivity (Wildman–Crippen MR) is 102 cm³/mol. The van der Waals surface area contributed by atoms with E-state index in [1.807, 2.05) is 0 Å². The molecule has 0 aromatic heterocycles. The Balaban J connectivity index is 1.61. The maximum absolute atomic E-state index is 10.6. The number of nitrogens with zero attached hydrogens (tertiary/aromatic N) is 2. The molecule has 29 heavy (non-hydrogen) atoms. The highest BCUT2D eigenvalue weighted by Gasteiger charge is 2.10. The standard InChI is InChI=1S/C18H21N3O8/c22-15(11-28-17-5-1-13(2-6-17)20(24)25)9-19-10-16(23)12-29-18-7-3-14(4-8-18)21(26)27/h1-8,15-16,19,22-23H,9-12H2. The topological polar surface area (TPSA) is 157 Å². The molecule has 0 amide bonds. The molecule has 0 spiro atoms. The van der Waals surface area contributed by atoms with Crippen LogP contribution in [0.5, 0.6) is 11.5 Å². The molecule has 0 heterocycles. The second kappa shape index (κ2) is 10.9. The molecule has 11 heteroatoms. The fraction of sp³-hybridized carbons (Fsp3) is 0.333. The van der Waals surface area contributed by atoms with Crippen LogP contribution in [0.2, 0.25) is 0 Å². The molecule has 0 aliphatic heterocycles. The predicted octanol–water partition coefficient (Wildman–Crippen LogP) is 1.27. The number of aliphatic hydroxyl groups excluding tert-OH is 2. The quantitative estimate of drug-likeness (QED) is 0.348. The maximum atomic E-state index is 10.6. The Morgan fingerprint density at radius 1 is 0.759 bits per heavy atom. The van der Waals surface area contributed by atoms with Gasteiger partial charge in [-0.05, 0) is 24.3 Å². The zero-order chi connectivity index (χ0) is 21.2. The number of ether oxygens (including phenoxy) is 2. The van der Waals surface area contributed by atoms with Crippen LogP contribution >= 0.6 is 0 Å². The summed E-state index contributed by atoms with van der Waals surface area (Å²) in [6.07, 6.45) is -1.71. The van der Waals surface area contributed by atoms with Gasteiger partial charge < -0.3 is 25.0 Å². The van der Waals surface area contributed by atoms with Gasteiger partial charge in [0, 0.05) is 37.4 Å². The molecule has 0 aliphatic rings. The summed E-state index contributed by atoms with van der Waals surface area (Å²) in [7, 11) is 0. The number of hydrogen-bond donors (Lipinski definition) is 3. The van der Waals surface area contributed by atoms with Crippen LogP contribution in [0.15, 0.2) is 48.5 Å². The molecule has 0 saturated heterocycles. The maximum Gasteiger partial charge on any atom is 0.269 e. The van der Waals surface area contributed by atoms with Gasteiger partial charge in [0.15, 0.2) is 0 Å². The van der Waals surface area contributed by atoms with Crippen molar-refractivity contribution in [2.24, 2.45) is 0 Å². The lowest BCUT2D eigenvalue weighted by Crippen LogP contribution is -2.37. The summed E-state index contributed by atoms with van der Waals surface area (Å²) in [5.74, 6) is 0.789. The van der Waals surface area contributed by atoms with Gasteiger partial charge in [0.2, 0.25) is 0 Å². The van der Waals surface area contributed by atoms with Gasteiger partial charge in [0.05, 0.1) is 9.85 Å². The number of rotatable bonds is 12. The number of nitro benzene ring substituents is 2. The molecule has 2 aromatic carbocycles. The first-order valence-corrected chi connectivity index (χ1v) is 8.66. The molecular weight excluding hydrogens is 386 g/mol. The molecule has 0 radical (unpaired) electrons. The van der Waals surface area contributed by atoms with Gasteiger partial charge in [0.25, 0.3) is 11.4 Å². The number of aliphatic hydroxyl groups is 2. The third kappa shape index (κ3) is 7.70. The van der Waals surface area contributed by atoms with E-state index < -0.39 is 22.1 Å². The van der Waals surface area contributed by atoms with Crippen LogP contribution < -0.4 is 14.8 Å². The minimum absolute atomic E-state index is 0.0276. The van der Waals surface area contributed by atoms with E-state index in [9.17, 15) is 30.4 Å². The average Bonchev–Trinajstić information content (AvgIpc) is 2.71. The van der Waals surface area contributed by atoms with Crippen molar-refractivity contribution >= 4 is 11.4 Å². The number of nitrogens with one attached hydrogen (secondary N) is 1. The molecular formula is C18H21N3O8. The number of nitro groups is 2. The van der Waals surface area contributed by atoms with Crippen molar-refractivity contribution < 1.29 is 29.5 Å². The summed E-state index contributed by atoms with van der Waals surface area (Å²) >= 11 is 0. The van der Waals surface area contributed by atoms with Crippen LogP contribution in [0.4, 0.5) is 11.4 Å². The molecule has 3 N–H and O–H groups in total. The fourth-order valence-corrected chi connectivity index (χ4v) is 2.25. The smallest absolute Gasteiger partial charge is 0.269 e. The molecule has 0 aliphatic carbocycles. The largest absolute Gasteiger partial charge is 0.491 e. The van der Waals surface area contributed by atoms with Gasteiger partial charge >= 0.3 is 0 Å². The lowest BCUT2D eigenvalue weighted by atomic mass is 10.3. The van der Waals surface area contributed by atoms with Crippen LogP contribution in [0.1, 0.15) is 0 Å². The van der Waals surface area contributed by atoms with E-state index in [0.717, 1.165) is 0 Å². The van der Waals surface area contributed by atoms with Gasteiger partial charge in [0.1, 0.15) is 36.9 Å². The first-order chi connectivity index (χ1) is 13.8. The van der Waals surface area contributed by atoms with E-state index in [4.69, 9.17) is 9.47 Å². The van der Waals surface area contributed by atoms with Crippen LogP contribution in [0.3, 0.4) is 0 Å². The van der Waals surface area contributed by atoms with Crippen molar-refractivity contribution in [3.8, 4) is 11.5 Å². The van der Waals surface area contributed by atoms with Crippen LogP contribution in [-0.4, -0.2) is 58.6 Å². The average molecular weight is 407 g/mol. The van der Waals surface area contributed by atoms with Gasteiger partial charge in [-0.1, -0.05) is 0 Å². The lowest BCUT2D eigenvalue weighted by Gasteiger charge is -2.16. The van der Waals surface area contributed by atoms with E-state index in [0.29, 0.717) is 11.5 Å². The van der Waals surface area contributed by atoms with E-state index in [2.05, 4.69) is 5.32 Å². The molecule has 0 bridgehead atoms. The second-order valence-electron chi connectivity index (χ2n) is 6.09. The normalized spacial score (nSPS) is 12.8. The number of non-ortho nitro benzene ring substituents is 2. The third-order valence-corrected chi connectivity index (χ3v) is 3.74. The third-order valence-electron chi connectivity index (χ3n) is 3.74. The number of hydrogen-bond acceptors (Lipinski definition) is 9. The van der Waals surface area contributed by atoms with E-state index in [1.54, 1.807) is 0 Å². The Kier molecular flexibility index (Phi) is 8.27. The fourth-order valence-electron chi connectivity index (χ4n) is 2.25. The van der Waals surface area contributed by atoms with Gasteiger partial charge in [-0.25, -0.2) is 0 Å². The molecule has 0 saturated carbocycles. The minimum Gasteiger partial charge on any atom is -0.491 e. The van der Waals surface area contributed by atoms with Gasteiger partial charge in [-0.15, -0.1) is 0 Å². The van der Waals surface area contributed by atoms with Crippen molar-refractivity contribution in [1.82, 2.24) is 5.32 Å². The van der Waals surface area contributed by atoms with Crippen molar-refractivity contribution in [3.05, 3.63) is 68.8 Å².